The van der Waals surface area contributed by atoms with E-state index in [2.05, 4.69) is 10.3 Å². The van der Waals surface area contributed by atoms with Crippen LogP contribution >= 0.6 is 11.3 Å². The summed E-state index contributed by atoms with van der Waals surface area (Å²) in [6.45, 7) is 0. The van der Waals surface area contributed by atoms with Gasteiger partial charge in [0.1, 0.15) is 0 Å². The molecule has 0 aliphatic rings. The smallest absolute Gasteiger partial charge is 0.255 e. The summed E-state index contributed by atoms with van der Waals surface area (Å²) in [5.41, 5.74) is 5.17. The van der Waals surface area contributed by atoms with E-state index in [1.807, 2.05) is 61.5 Å². The molecule has 0 aliphatic carbocycles. The minimum atomic E-state index is -0.116. The van der Waals surface area contributed by atoms with Gasteiger partial charge in [0.15, 0.2) is 0 Å². The number of amides is 1. The van der Waals surface area contributed by atoms with Crippen molar-refractivity contribution in [2.75, 3.05) is 24.3 Å². The Balaban J connectivity index is 1.78. The van der Waals surface area contributed by atoms with Gasteiger partial charge in [-0.05, 0) is 42.5 Å². The Hall–Kier alpha value is -2.40. The van der Waals surface area contributed by atoms with Crippen LogP contribution in [-0.4, -0.2) is 25.0 Å². The fraction of sp³-hybridized carbons (Fsp3) is 0.125. The van der Waals surface area contributed by atoms with Crippen LogP contribution < -0.4 is 10.2 Å². The second kappa shape index (κ2) is 5.54. The maximum atomic E-state index is 12.2. The zero-order valence-corrected chi connectivity index (χ0v) is 12.6. The van der Waals surface area contributed by atoms with Crippen molar-refractivity contribution in [1.82, 2.24) is 4.98 Å². The van der Waals surface area contributed by atoms with Crippen molar-refractivity contribution in [3.8, 4) is 0 Å². The summed E-state index contributed by atoms with van der Waals surface area (Å²) in [5.74, 6) is -0.116. The maximum Gasteiger partial charge on any atom is 0.255 e. The van der Waals surface area contributed by atoms with Gasteiger partial charge in [-0.2, -0.15) is 0 Å². The number of thiazole rings is 1. The van der Waals surface area contributed by atoms with E-state index in [0.29, 0.717) is 5.56 Å². The highest BCUT2D eigenvalue weighted by Gasteiger charge is 2.07. The molecule has 106 valence electrons. The van der Waals surface area contributed by atoms with Gasteiger partial charge in [-0.25, -0.2) is 4.98 Å². The summed E-state index contributed by atoms with van der Waals surface area (Å²) < 4.78 is 1.11. The first kappa shape index (κ1) is 13.6. The van der Waals surface area contributed by atoms with Crippen molar-refractivity contribution in [2.24, 2.45) is 0 Å². The third kappa shape index (κ3) is 2.87. The highest BCUT2D eigenvalue weighted by molar-refractivity contribution is 7.16. The van der Waals surface area contributed by atoms with Crippen LogP contribution in [0.1, 0.15) is 10.4 Å². The van der Waals surface area contributed by atoms with Crippen molar-refractivity contribution < 1.29 is 4.79 Å². The van der Waals surface area contributed by atoms with Crippen LogP contribution in [0.3, 0.4) is 0 Å². The summed E-state index contributed by atoms with van der Waals surface area (Å²) in [6.07, 6.45) is 0. The van der Waals surface area contributed by atoms with Crippen LogP contribution in [0.2, 0.25) is 0 Å². The molecule has 3 rings (SSSR count). The molecule has 0 fully saturated rings. The second-order valence-corrected chi connectivity index (χ2v) is 5.82. The topological polar surface area (TPSA) is 45.2 Å². The van der Waals surface area contributed by atoms with Crippen molar-refractivity contribution >= 4 is 38.8 Å². The number of benzene rings is 2. The molecule has 2 aromatic carbocycles. The summed E-state index contributed by atoms with van der Waals surface area (Å²) >= 11 is 1.59. The monoisotopic (exact) mass is 297 g/mol. The Bertz CT molecular complexity index is 778. The van der Waals surface area contributed by atoms with Crippen LogP contribution in [0.4, 0.5) is 11.4 Å². The zero-order valence-electron chi connectivity index (χ0n) is 11.8. The van der Waals surface area contributed by atoms with E-state index < -0.39 is 0 Å². The van der Waals surface area contributed by atoms with Gasteiger partial charge in [0.05, 0.1) is 15.7 Å². The van der Waals surface area contributed by atoms with Crippen LogP contribution in [0.5, 0.6) is 0 Å². The molecular weight excluding hydrogens is 282 g/mol. The molecule has 3 aromatic rings. The van der Waals surface area contributed by atoms with E-state index >= 15 is 0 Å². The van der Waals surface area contributed by atoms with Gasteiger partial charge in [0.25, 0.3) is 5.91 Å². The number of nitrogens with one attached hydrogen (secondary N) is 1. The number of nitrogens with zero attached hydrogens (tertiary/aromatic N) is 2. The summed E-state index contributed by atoms with van der Waals surface area (Å²) in [4.78, 5) is 18.5. The Kier molecular flexibility index (Phi) is 3.58. The largest absolute Gasteiger partial charge is 0.378 e. The predicted octanol–water partition coefficient (Wildman–Crippen LogP) is 3.61. The third-order valence-electron chi connectivity index (χ3n) is 3.23. The number of hydrogen-bond donors (Lipinski definition) is 1. The lowest BCUT2D eigenvalue weighted by Crippen LogP contribution is -2.13. The SMILES string of the molecule is CN(C)c1ccc(C(=O)Nc2ccc3scnc3c2)cc1. The van der Waals surface area contributed by atoms with Gasteiger partial charge in [-0.15, -0.1) is 11.3 Å². The van der Waals surface area contributed by atoms with Crippen molar-refractivity contribution in [1.29, 1.82) is 0 Å². The molecule has 1 aromatic heterocycles. The molecule has 0 spiro atoms. The minimum absolute atomic E-state index is 0.116. The molecule has 1 heterocycles. The highest BCUT2D eigenvalue weighted by atomic mass is 32.1. The van der Waals surface area contributed by atoms with Crippen LogP contribution in [0, 0.1) is 0 Å². The number of anilines is 2. The molecule has 0 unspecified atom stereocenters. The Morgan fingerprint density at radius 3 is 2.62 bits per heavy atom. The lowest BCUT2D eigenvalue weighted by molar-refractivity contribution is 0.102. The van der Waals surface area contributed by atoms with Crippen LogP contribution in [0.15, 0.2) is 48.0 Å². The Labute approximate surface area is 127 Å². The van der Waals surface area contributed by atoms with E-state index in [1.165, 1.54) is 0 Å². The summed E-state index contributed by atoms with van der Waals surface area (Å²) in [7, 11) is 3.94. The molecular formula is C16H15N3OS. The first-order valence-electron chi connectivity index (χ1n) is 6.55. The maximum absolute atomic E-state index is 12.2. The van der Waals surface area contributed by atoms with Gasteiger partial charge < -0.3 is 10.2 Å². The van der Waals surface area contributed by atoms with E-state index in [0.717, 1.165) is 21.6 Å². The molecule has 0 saturated heterocycles. The van der Waals surface area contributed by atoms with Gasteiger partial charge in [0, 0.05) is 31.0 Å². The normalized spacial score (nSPS) is 10.6. The molecule has 0 saturated carbocycles. The van der Waals surface area contributed by atoms with E-state index in [9.17, 15) is 4.79 Å². The van der Waals surface area contributed by atoms with Gasteiger partial charge in [0.2, 0.25) is 0 Å². The third-order valence-corrected chi connectivity index (χ3v) is 4.04. The first-order valence-corrected chi connectivity index (χ1v) is 7.43. The number of carbonyl (C=O) groups excluding carboxylic acids is 1. The first-order chi connectivity index (χ1) is 10.1. The molecule has 0 atom stereocenters. The summed E-state index contributed by atoms with van der Waals surface area (Å²) in [6, 6.07) is 13.3. The second-order valence-electron chi connectivity index (χ2n) is 4.93. The highest BCUT2D eigenvalue weighted by Crippen LogP contribution is 2.22. The standard InChI is InChI=1S/C16H15N3OS/c1-19(2)13-6-3-11(4-7-13)16(20)18-12-5-8-15-14(9-12)17-10-21-15/h3-10H,1-2H3,(H,18,20). The van der Waals surface area contributed by atoms with Crippen molar-refractivity contribution in [3.05, 3.63) is 53.5 Å². The lowest BCUT2D eigenvalue weighted by Gasteiger charge is -2.12. The molecule has 0 radical (unpaired) electrons. The average Bonchev–Trinajstić information content (AvgIpc) is 2.95. The molecule has 0 bridgehead atoms. The van der Waals surface area contributed by atoms with Gasteiger partial charge in [-0.3, -0.25) is 4.79 Å². The Morgan fingerprint density at radius 1 is 1.14 bits per heavy atom. The van der Waals surface area contributed by atoms with Gasteiger partial charge >= 0.3 is 0 Å². The number of aromatic nitrogens is 1. The molecule has 0 aliphatic heterocycles. The lowest BCUT2D eigenvalue weighted by atomic mass is 10.2. The Morgan fingerprint density at radius 2 is 1.90 bits per heavy atom. The molecule has 4 nitrogen and oxygen atoms in total. The molecule has 1 N–H and O–H groups in total. The minimum Gasteiger partial charge on any atom is -0.378 e. The number of carbonyl (C=O) groups is 1. The number of rotatable bonds is 3. The number of fused-ring (bicyclic) bond motifs is 1. The number of hydrogen-bond acceptors (Lipinski definition) is 4. The van der Waals surface area contributed by atoms with Crippen LogP contribution in [0.25, 0.3) is 10.2 Å². The average molecular weight is 297 g/mol. The summed E-state index contributed by atoms with van der Waals surface area (Å²) in [5, 5.41) is 2.90. The fourth-order valence-corrected chi connectivity index (χ4v) is 2.71. The van der Waals surface area contributed by atoms with E-state index in [1.54, 1.807) is 16.8 Å². The van der Waals surface area contributed by atoms with E-state index in [4.69, 9.17) is 0 Å². The molecule has 1 amide bonds. The van der Waals surface area contributed by atoms with Gasteiger partial charge in [-0.1, -0.05) is 0 Å². The zero-order chi connectivity index (χ0) is 14.8. The predicted molar refractivity (Wildman–Crippen MR) is 88.3 cm³/mol. The molecule has 21 heavy (non-hydrogen) atoms. The van der Waals surface area contributed by atoms with Crippen molar-refractivity contribution in [3.63, 3.8) is 0 Å². The van der Waals surface area contributed by atoms with E-state index in [-0.39, 0.29) is 5.91 Å². The fourth-order valence-electron chi connectivity index (χ4n) is 2.05. The van der Waals surface area contributed by atoms with Crippen LogP contribution in [-0.2, 0) is 0 Å². The quantitative estimate of drug-likeness (QED) is 0.803. The molecule has 5 heteroatoms. The van der Waals surface area contributed by atoms with Crippen molar-refractivity contribution in [2.45, 2.75) is 0 Å².